The van der Waals surface area contributed by atoms with E-state index in [-0.39, 0.29) is 0 Å². The first-order valence-corrected chi connectivity index (χ1v) is 7.11. The fourth-order valence-corrected chi connectivity index (χ4v) is 2.49. The molecule has 0 bridgehead atoms. The smallest absolute Gasteiger partial charge is 0.141 e. The SMILES string of the molecule is C=CCc1cccc(Cl)c1OCC[NH+]1CCOCC1. The number of quaternary nitrogens is 1. The van der Waals surface area contributed by atoms with Gasteiger partial charge in [-0.3, -0.25) is 0 Å². The molecular formula is C15H21ClNO2+. The highest BCUT2D eigenvalue weighted by Gasteiger charge is 2.14. The van der Waals surface area contributed by atoms with Gasteiger partial charge in [0, 0.05) is 0 Å². The van der Waals surface area contributed by atoms with Gasteiger partial charge in [0.1, 0.15) is 32.0 Å². The van der Waals surface area contributed by atoms with Gasteiger partial charge in [-0.2, -0.15) is 0 Å². The van der Waals surface area contributed by atoms with Crippen LogP contribution in [0.3, 0.4) is 0 Å². The number of para-hydroxylation sites is 1. The molecule has 1 aliphatic heterocycles. The average Bonchev–Trinajstić information content (AvgIpc) is 2.43. The van der Waals surface area contributed by atoms with Crippen LogP contribution in [0, 0.1) is 0 Å². The molecule has 104 valence electrons. The van der Waals surface area contributed by atoms with E-state index in [1.807, 2.05) is 24.3 Å². The van der Waals surface area contributed by atoms with E-state index < -0.39 is 0 Å². The largest absolute Gasteiger partial charge is 0.486 e. The van der Waals surface area contributed by atoms with Crippen molar-refractivity contribution in [3.8, 4) is 5.75 Å². The molecular weight excluding hydrogens is 262 g/mol. The number of benzene rings is 1. The number of hydrogen-bond donors (Lipinski definition) is 1. The van der Waals surface area contributed by atoms with Crippen LogP contribution in [-0.4, -0.2) is 39.5 Å². The maximum atomic E-state index is 6.20. The predicted octanol–water partition coefficient (Wildman–Crippen LogP) is 1.36. The highest BCUT2D eigenvalue weighted by molar-refractivity contribution is 6.32. The average molecular weight is 283 g/mol. The molecule has 3 nitrogen and oxygen atoms in total. The second-order valence-corrected chi connectivity index (χ2v) is 5.09. The zero-order valence-corrected chi connectivity index (χ0v) is 11.9. The number of nitrogens with one attached hydrogen (secondary N) is 1. The van der Waals surface area contributed by atoms with Crippen LogP contribution in [-0.2, 0) is 11.2 Å². The molecule has 4 heteroatoms. The summed E-state index contributed by atoms with van der Waals surface area (Å²) in [6.45, 7) is 9.26. The molecule has 0 aromatic heterocycles. The maximum absolute atomic E-state index is 6.20. The summed E-state index contributed by atoms with van der Waals surface area (Å²) in [6, 6.07) is 5.84. The summed E-state index contributed by atoms with van der Waals surface area (Å²) in [4.78, 5) is 1.53. The molecule has 0 spiro atoms. The van der Waals surface area contributed by atoms with Crippen molar-refractivity contribution in [3.63, 3.8) is 0 Å². The molecule has 19 heavy (non-hydrogen) atoms. The number of hydrogen-bond acceptors (Lipinski definition) is 2. The molecule has 2 rings (SSSR count). The van der Waals surface area contributed by atoms with Crippen molar-refractivity contribution < 1.29 is 14.4 Å². The lowest BCUT2D eigenvalue weighted by Crippen LogP contribution is -3.14. The summed E-state index contributed by atoms with van der Waals surface area (Å²) in [6.07, 6.45) is 2.64. The second-order valence-electron chi connectivity index (χ2n) is 4.68. The number of halogens is 1. The summed E-state index contributed by atoms with van der Waals surface area (Å²) < 4.78 is 11.2. The van der Waals surface area contributed by atoms with Gasteiger partial charge in [0.2, 0.25) is 0 Å². The van der Waals surface area contributed by atoms with Crippen LogP contribution < -0.4 is 9.64 Å². The minimum atomic E-state index is 0.677. The van der Waals surface area contributed by atoms with Crippen LogP contribution in [0.5, 0.6) is 5.75 Å². The molecule has 1 aliphatic rings. The molecule has 1 aromatic rings. The third kappa shape index (κ3) is 4.23. The minimum Gasteiger partial charge on any atom is -0.486 e. The Bertz CT molecular complexity index is 417. The van der Waals surface area contributed by atoms with Crippen LogP contribution in [0.1, 0.15) is 5.56 Å². The Morgan fingerprint density at radius 1 is 1.37 bits per heavy atom. The summed E-state index contributed by atoms with van der Waals surface area (Å²) in [5.74, 6) is 0.803. The molecule has 0 radical (unpaired) electrons. The van der Waals surface area contributed by atoms with Crippen LogP contribution in [0.4, 0.5) is 0 Å². The summed E-state index contributed by atoms with van der Waals surface area (Å²) in [7, 11) is 0. The minimum absolute atomic E-state index is 0.677. The van der Waals surface area contributed by atoms with Crippen molar-refractivity contribution in [2.45, 2.75) is 6.42 Å². The van der Waals surface area contributed by atoms with Gasteiger partial charge in [-0.25, -0.2) is 0 Å². The van der Waals surface area contributed by atoms with E-state index in [2.05, 4.69) is 6.58 Å². The standard InChI is InChI=1S/C15H20ClNO2/c1-2-4-13-5-3-6-14(16)15(13)19-12-9-17-7-10-18-11-8-17/h2-3,5-6H,1,4,7-12H2/p+1. The van der Waals surface area contributed by atoms with E-state index in [4.69, 9.17) is 21.1 Å². The van der Waals surface area contributed by atoms with Crippen molar-refractivity contribution in [2.24, 2.45) is 0 Å². The maximum Gasteiger partial charge on any atom is 0.141 e. The lowest BCUT2D eigenvalue weighted by Gasteiger charge is -2.24. The molecule has 0 unspecified atom stereocenters. The summed E-state index contributed by atoms with van der Waals surface area (Å²) in [5, 5.41) is 0.677. The van der Waals surface area contributed by atoms with Crippen molar-refractivity contribution in [2.75, 3.05) is 39.5 Å². The molecule has 1 saturated heterocycles. The zero-order chi connectivity index (χ0) is 13.5. The van der Waals surface area contributed by atoms with Crippen LogP contribution in [0.2, 0.25) is 5.02 Å². The number of allylic oxidation sites excluding steroid dienone is 1. The van der Waals surface area contributed by atoms with E-state index in [1.165, 1.54) is 4.90 Å². The zero-order valence-electron chi connectivity index (χ0n) is 11.2. The van der Waals surface area contributed by atoms with Gasteiger partial charge in [-0.15, -0.1) is 6.58 Å². The van der Waals surface area contributed by atoms with Gasteiger partial charge in [-0.1, -0.05) is 29.8 Å². The topological polar surface area (TPSA) is 22.9 Å². The molecule has 1 heterocycles. The summed E-state index contributed by atoms with van der Waals surface area (Å²) >= 11 is 6.20. The van der Waals surface area contributed by atoms with Gasteiger partial charge >= 0.3 is 0 Å². The molecule has 0 aliphatic carbocycles. The monoisotopic (exact) mass is 282 g/mol. The normalized spacial score (nSPS) is 16.3. The van der Waals surface area contributed by atoms with E-state index in [9.17, 15) is 0 Å². The van der Waals surface area contributed by atoms with Crippen molar-refractivity contribution in [1.29, 1.82) is 0 Å². The van der Waals surface area contributed by atoms with E-state index in [0.717, 1.165) is 50.6 Å². The van der Waals surface area contributed by atoms with Crippen molar-refractivity contribution in [3.05, 3.63) is 41.4 Å². The fraction of sp³-hybridized carbons (Fsp3) is 0.467. The Kier molecular flexibility index (Phi) is 5.70. The highest BCUT2D eigenvalue weighted by Crippen LogP contribution is 2.28. The van der Waals surface area contributed by atoms with E-state index in [1.54, 1.807) is 0 Å². The second kappa shape index (κ2) is 7.53. The van der Waals surface area contributed by atoms with Gasteiger partial charge in [0.15, 0.2) is 0 Å². The van der Waals surface area contributed by atoms with Crippen LogP contribution in [0.25, 0.3) is 0 Å². The third-order valence-electron chi connectivity index (χ3n) is 3.31. The molecule has 1 fully saturated rings. The van der Waals surface area contributed by atoms with Crippen LogP contribution >= 0.6 is 11.6 Å². The third-order valence-corrected chi connectivity index (χ3v) is 3.61. The predicted molar refractivity (Wildman–Crippen MR) is 77.2 cm³/mol. The Hall–Kier alpha value is -1.03. The highest BCUT2D eigenvalue weighted by atomic mass is 35.5. The van der Waals surface area contributed by atoms with E-state index in [0.29, 0.717) is 11.6 Å². The summed E-state index contributed by atoms with van der Waals surface area (Å²) in [5.41, 5.74) is 1.10. The Balaban J connectivity index is 1.89. The molecule has 0 amide bonds. The number of ether oxygens (including phenoxy) is 2. The first kappa shape index (κ1) is 14.4. The first-order chi connectivity index (χ1) is 9.31. The van der Waals surface area contributed by atoms with E-state index >= 15 is 0 Å². The van der Waals surface area contributed by atoms with Crippen molar-refractivity contribution >= 4 is 11.6 Å². The van der Waals surface area contributed by atoms with Gasteiger partial charge in [-0.05, 0) is 18.1 Å². The molecule has 1 N–H and O–H groups in total. The molecule has 0 saturated carbocycles. The Labute approximate surface area is 119 Å². The van der Waals surface area contributed by atoms with Gasteiger partial charge < -0.3 is 14.4 Å². The van der Waals surface area contributed by atoms with Gasteiger partial charge in [0.05, 0.1) is 18.2 Å². The van der Waals surface area contributed by atoms with Crippen molar-refractivity contribution in [1.82, 2.24) is 0 Å². The lowest BCUT2D eigenvalue weighted by atomic mass is 10.1. The molecule has 0 atom stereocenters. The number of rotatable bonds is 6. The Morgan fingerprint density at radius 3 is 2.89 bits per heavy atom. The molecule has 1 aromatic carbocycles. The number of morpholine rings is 1. The fourth-order valence-electron chi connectivity index (χ4n) is 2.24. The Morgan fingerprint density at radius 2 is 2.16 bits per heavy atom. The quantitative estimate of drug-likeness (QED) is 0.797. The van der Waals surface area contributed by atoms with Gasteiger partial charge in [0.25, 0.3) is 0 Å². The lowest BCUT2D eigenvalue weighted by molar-refractivity contribution is -0.908. The first-order valence-electron chi connectivity index (χ1n) is 6.73. The van der Waals surface area contributed by atoms with Crippen LogP contribution in [0.15, 0.2) is 30.9 Å².